The van der Waals surface area contributed by atoms with E-state index in [4.69, 9.17) is 5.11 Å². The van der Waals surface area contributed by atoms with Crippen molar-refractivity contribution in [3.05, 3.63) is 47.5 Å². The lowest BCUT2D eigenvalue weighted by Gasteiger charge is -2.10. The third-order valence-electron chi connectivity index (χ3n) is 2.38. The van der Waals surface area contributed by atoms with E-state index in [1.165, 1.54) is 0 Å². The number of aliphatic carboxylic acids is 1. The van der Waals surface area contributed by atoms with Gasteiger partial charge in [0.2, 0.25) is 0 Å². The quantitative estimate of drug-likeness (QED) is 0.695. The van der Waals surface area contributed by atoms with Crippen LogP contribution in [-0.4, -0.2) is 11.1 Å². The second-order valence-electron chi connectivity index (χ2n) is 3.37. The van der Waals surface area contributed by atoms with Gasteiger partial charge in [-0.15, -0.1) is 0 Å². The van der Waals surface area contributed by atoms with Gasteiger partial charge in [-0.05, 0) is 12.5 Å². The van der Waals surface area contributed by atoms with Crippen molar-refractivity contribution in [2.45, 2.75) is 12.3 Å². The first-order chi connectivity index (χ1) is 6.15. The first-order valence-corrected chi connectivity index (χ1v) is 4.16. The third-order valence-corrected chi connectivity index (χ3v) is 2.38. The van der Waals surface area contributed by atoms with Gasteiger partial charge in [-0.25, -0.2) is 0 Å². The number of hydrogen-bond acceptors (Lipinski definition) is 1. The van der Waals surface area contributed by atoms with Crippen molar-refractivity contribution < 1.29 is 9.90 Å². The molecule has 0 saturated carbocycles. The van der Waals surface area contributed by atoms with E-state index in [9.17, 15) is 4.79 Å². The summed E-state index contributed by atoms with van der Waals surface area (Å²) in [7, 11) is 0. The van der Waals surface area contributed by atoms with E-state index >= 15 is 0 Å². The van der Waals surface area contributed by atoms with Crippen molar-refractivity contribution in [2.75, 3.05) is 0 Å². The molecule has 0 heterocycles. The third kappa shape index (κ3) is 1.15. The molecule has 0 fully saturated rings. The topological polar surface area (TPSA) is 37.3 Å². The number of benzene rings is 1. The minimum Gasteiger partial charge on any atom is -0.480 e. The zero-order valence-corrected chi connectivity index (χ0v) is 7.32. The molecule has 0 spiro atoms. The Bertz CT molecular complexity index is 368. The van der Waals surface area contributed by atoms with Crippen LogP contribution in [0, 0.1) is 6.92 Å². The van der Waals surface area contributed by atoms with Gasteiger partial charge >= 0.3 is 5.97 Å². The maximum absolute atomic E-state index is 10.9. The Morgan fingerprint density at radius 2 is 1.77 bits per heavy atom. The van der Waals surface area contributed by atoms with Gasteiger partial charge in [-0.3, -0.25) is 4.79 Å². The smallest absolute Gasteiger partial charge is 0.321 e. The average Bonchev–Trinajstić information content (AvgIpc) is 2.86. The van der Waals surface area contributed by atoms with Gasteiger partial charge in [0.25, 0.3) is 0 Å². The fourth-order valence-electron chi connectivity index (χ4n) is 1.37. The number of carbonyl (C=O) groups is 1. The van der Waals surface area contributed by atoms with Gasteiger partial charge < -0.3 is 5.11 Å². The van der Waals surface area contributed by atoms with E-state index < -0.39 is 11.4 Å². The maximum atomic E-state index is 10.9. The maximum Gasteiger partial charge on any atom is 0.321 e. The van der Waals surface area contributed by atoms with E-state index in [-0.39, 0.29) is 0 Å². The van der Waals surface area contributed by atoms with Crippen LogP contribution in [0.25, 0.3) is 0 Å². The Balaban J connectivity index is 2.36. The van der Waals surface area contributed by atoms with Crippen molar-refractivity contribution in [1.29, 1.82) is 0 Å². The molecule has 0 amide bonds. The fraction of sp³-hybridized carbons (Fsp3) is 0.182. The summed E-state index contributed by atoms with van der Waals surface area (Å²) in [6.45, 7) is 1.98. The average molecular weight is 174 g/mol. The molecule has 13 heavy (non-hydrogen) atoms. The lowest BCUT2D eigenvalue weighted by molar-refractivity contribution is -0.139. The van der Waals surface area contributed by atoms with Crippen molar-refractivity contribution >= 4 is 5.97 Å². The number of hydrogen-bond donors (Lipinski definition) is 1. The lowest BCUT2D eigenvalue weighted by Crippen LogP contribution is -2.21. The van der Waals surface area contributed by atoms with Crippen LogP contribution in [0.2, 0.25) is 0 Å². The number of rotatable bonds is 2. The molecule has 66 valence electrons. The van der Waals surface area contributed by atoms with Crippen molar-refractivity contribution in [3.8, 4) is 0 Å². The molecule has 0 radical (unpaired) electrons. The molecule has 2 heteroatoms. The summed E-state index contributed by atoms with van der Waals surface area (Å²) >= 11 is 0. The highest BCUT2D eigenvalue weighted by Gasteiger charge is 2.43. The Kier molecular flexibility index (Phi) is 1.52. The van der Waals surface area contributed by atoms with Crippen LogP contribution in [0.5, 0.6) is 0 Å². The number of carboxylic acids is 1. The van der Waals surface area contributed by atoms with Gasteiger partial charge in [0.05, 0.1) is 0 Å². The van der Waals surface area contributed by atoms with Crippen LogP contribution in [0.1, 0.15) is 11.1 Å². The zero-order chi connectivity index (χ0) is 9.47. The summed E-state index contributed by atoms with van der Waals surface area (Å²) in [6.07, 6.45) is 3.42. The van der Waals surface area contributed by atoms with E-state index in [2.05, 4.69) is 0 Å². The first kappa shape index (κ1) is 8.05. The predicted octanol–water partition coefficient (Wildman–Crippen LogP) is 1.89. The Morgan fingerprint density at radius 3 is 2.15 bits per heavy atom. The minimum atomic E-state index is -0.798. The Labute approximate surface area is 76.5 Å². The summed E-state index contributed by atoms with van der Waals surface area (Å²) in [5.41, 5.74) is 1.18. The molecular formula is C11H10O2. The van der Waals surface area contributed by atoms with Crippen LogP contribution in [0.3, 0.4) is 0 Å². The summed E-state index contributed by atoms with van der Waals surface area (Å²) in [5, 5.41) is 8.96. The van der Waals surface area contributed by atoms with Gasteiger partial charge in [0.1, 0.15) is 5.41 Å². The van der Waals surface area contributed by atoms with Crippen LogP contribution < -0.4 is 0 Å². The lowest BCUT2D eigenvalue weighted by atomic mass is 9.93. The van der Waals surface area contributed by atoms with Gasteiger partial charge in [-0.1, -0.05) is 42.0 Å². The van der Waals surface area contributed by atoms with Gasteiger partial charge in [0, 0.05) is 0 Å². The predicted molar refractivity (Wildman–Crippen MR) is 49.6 cm³/mol. The number of aryl methyl sites for hydroxylation is 1. The molecule has 0 unspecified atom stereocenters. The van der Waals surface area contributed by atoms with E-state index in [0.29, 0.717) is 0 Å². The highest BCUT2D eigenvalue weighted by Crippen LogP contribution is 2.38. The fourth-order valence-corrected chi connectivity index (χ4v) is 1.37. The highest BCUT2D eigenvalue weighted by atomic mass is 16.4. The van der Waals surface area contributed by atoms with Crippen molar-refractivity contribution in [2.24, 2.45) is 0 Å². The standard InChI is InChI=1S/C11H10O2/c1-8-2-4-9(5-3-8)11(6-7-11)10(12)13/h2-7H,1H3,(H,12,13). The molecule has 1 aliphatic rings. The monoisotopic (exact) mass is 174 g/mol. The second kappa shape index (κ2) is 2.46. The number of carboxylic acid groups (broad SMARTS) is 1. The summed E-state index contributed by atoms with van der Waals surface area (Å²) in [6, 6.07) is 7.59. The van der Waals surface area contributed by atoms with Gasteiger partial charge in [0.15, 0.2) is 0 Å². The molecule has 0 saturated heterocycles. The molecular weight excluding hydrogens is 164 g/mol. The zero-order valence-electron chi connectivity index (χ0n) is 7.32. The van der Waals surface area contributed by atoms with Gasteiger partial charge in [-0.2, -0.15) is 0 Å². The minimum absolute atomic E-state index is 0.795. The van der Waals surface area contributed by atoms with Crippen molar-refractivity contribution in [3.63, 3.8) is 0 Å². The van der Waals surface area contributed by atoms with E-state index in [0.717, 1.165) is 11.1 Å². The molecule has 0 aromatic heterocycles. The highest BCUT2D eigenvalue weighted by molar-refractivity contribution is 5.92. The van der Waals surface area contributed by atoms with Crippen LogP contribution in [0.4, 0.5) is 0 Å². The molecule has 1 N–H and O–H groups in total. The van der Waals surface area contributed by atoms with E-state index in [1.54, 1.807) is 12.2 Å². The molecule has 2 rings (SSSR count). The molecule has 0 atom stereocenters. The summed E-state index contributed by atoms with van der Waals surface area (Å²) < 4.78 is 0. The molecule has 0 aliphatic heterocycles. The Hall–Kier alpha value is -1.57. The van der Waals surface area contributed by atoms with Crippen LogP contribution in [0.15, 0.2) is 36.4 Å². The molecule has 1 aromatic rings. The van der Waals surface area contributed by atoms with Crippen molar-refractivity contribution in [1.82, 2.24) is 0 Å². The van der Waals surface area contributed by atoms with Crippen LogP contribution in [-0.2, 0) is 10.2 Å². The first-order valence-electron chi connectivity index (χ1n) is 4.16. The SMILES string of the molecule is Cc1ccc(C2(C(=O)O)C=C2)cc1. The molecule has 1 aliphatic carbocycles. The summed E-state index contributed by atoms with van der Waals surface area (Å²) in [4.78, 5) is 10.9. The second-order valence-corrected chi connectivity index (χ2v) is 3.37. The van der Waals surface area contributed by atoms with Crippen LogP contribution >= 0.6 is 0 Å². The molecule has 2 nitrogen and oxygen atoms in total. The van der Waals surface area contributed by atoms with E-state index in [1.807, 2.05) is 31.2 Å². The normalized spacial score (nSPS) is 17.0. The summed E-state index contributed by atoms with van der Waals surface area (Å²) in [5.74, 6) is -0.795. The Morgan fingerprint density at radius 1 is 1.23 bits per heavy atom. The molecule has 0 bridgehead atoms. The largest absolute Gasteiger partial charge is 0.480 e. The molecule has 1 aromatic carbocycles.